The normalized spacial score (nSPS) is 19.2. The molecular weight excluding hydrogens is 220 g/mol. The van der Waals surface area contributed by atoms with Gasteiger partial charge >= 0.3 is 0 Å². The first-order valence-corrected chi connectivity index (χ1v) is 7.11. The summed E-state index contributed by atoms with van der Waals surface area (Å²) in [5.41, 5.74) is 4.25. The lowest BCUT2D eigenvalue weighted by molar-refractivity contribution is 0.137. The van der Waals surface area contributed by atoms with Gasteiger partial charge < -0.3 is 5.32 Å². The molecule has 2 nitrogen and oxygen atoms in total. The summed E-state index contributed by atoms with van der Waals surface area (Å²) >= 11 is 0. The fourth-order valence-corrected chi connectivity index (χ4v) is 3.16. The third-order valence-electron chi connectivity index (χ3n) is 3.76. The summed E-state index contributed by atoms with van der Waals surface area (Å²) < 4.78 is 0. The van der Waals surface area contributed by atoms with Crippen LogP contribution in [0.15, 0.2) is 18.2 Å². The zero-order valence-electron chi connectivity index (χ0n) is 12.2. The first kappa shape index (κ1) is 13.6. The molecule has 0 radical (unpaired) electrons. The van der Waals surface area contributed by atoms with E-state index in [9.17, 15) is 0 Å². The van der Waals surface area contributed by atoms with Crippen LogP contribution in [0.5, 0.6) is 0 Å². The molecule has 1 fully saturated rings. The summed E-state index contributed by atoms with van der Waals surface area (Å²) in [6.45, 7) is 13.6. The van der Waals surface area contributed by atoms with Gasteiger partial charge in [0.25, 0.3) is 0 Å². The quantitative estimate of drug-likeness (QED) is 0.882. The summed E-state index contributed by atoms with van der Waals surface area (Å²) in [5, 5.41) is 3.44. The molecule has 1 saturated heterocycles. The summed E-state index contributed by atoms with van der Waals surface area (Å²) in [5.74, 6) is 0.657. The van der Waals surface area contributed by atoms with Gasteiger partial charge in [-0.25, -0.2) is 0 Å². The van der Waals surface area contributed by atoms with Gasteiger partial charge in [0.1, 0.15) is 0 Å². The number of benzene rings is 1. The summed E-state index contributed by atoms with van der Waals surface area (Å²) in [7, 11) is 0. The lowest BCUT2D eigenvalue weighted by atomic mass is 9.91. The van der Waals surface area contributed by atoms with Crippen LogP contribution in [0.2, 0.25) is 0 Å². The fourth-order valence-electron chi connectivity index (χ4n) is 3.16. The molecule has 1 aromatic carbocycles. The van der Waals surface area contributed by atoms with E-state index in [4.69, 9.17) is 0 Å². The zero-order chi connectivity index (χ0) is 13.1. The summed E-state index contributed by atoms with van der Waals surface area (Å²) in [6.07, 6.45) is 0. The monoisotopic (exact) mass is 246 g/mol. The number of nitrogens with one attached hydrogen (secondary N) is 1. The summed E-state index contributed by atoms with van der Waals surface area (Å²) in [6, 6.07) is 7.55. The molecule has 100 valence electrons. The van der Waals surface area contributed by atoms with Crippen LogP contribution in [-0.2, 0) is 0 Å². The molecule has 0 spiro atoms. The van der Waals surface area contributed by atoms with Gasteiger partial charge in [-0.15, -0.1) is 0 Å². The third-order valence-corrected chi connectivity index (χ3v) is 3.76. The highest BCUT2D eigenvalue weighted by molar-refractivity contribution is 5.31. The first-order chi connectivity index (χ1) is 8.58. The number of aryl methyl sites for hydroxylation is 2. The van der Waals surface area contributed by atoms with Gasteiger partial charge in [0, 0.05) is 32.2 Å². The molecule has 1 aliphatic heterocycles. The smallest absolute Gasteiger partial charge is 0.0372 e. The zero-order valence-corrected chi connectivity index (χ0v) is 12.2. The molecule has 0 aromatic heterocycles. The molecule has 0 bridgehead atoms. The Balaban J connectivity index is 2.28. The van der Waals surface area contributed by atoms with E-state index in [0.29, 0.717) is 12.0 Å². The van der Waals surface area contributed by atoms with E-state index in [1.807, 2.05) is 0 Å². The average Bonchev–Trinajstić information content (AvgIpc) is 2.28. The maximum atomic E-state index is 3.44. The van der Waals surface area contributed by atoms with Crippen molar-refractivity contribution in [2.24, 2.45) is 5.92 Å². The molecular formula is C16H26N2. The van der Waals surface area contributed by atoms with Gasteiger partial charge in [-0.3, -0.25) is 4.90 Å². The number of piperazine rings is 1. The SMILES string of the molecule is Cc1cc(C)cc(C(C(C)C)N2CCNCC2)c1. The largest absolute Gasteiger partial charge is 0.314 e. The van der Waals surface area contributed by atoms with Crippen molar-refractivity contribution < 1.29 is 0 Å². The fraction of sp³-hybridized carbons (Fsp3) is 0.625. The maximum Gasteiger partial charge on any atom is 0.0372 e. The predicted molar refractivity (Wildman–Crippen MR) is 77.9 cm³/mol. The average molecular weight is 246 g/mol. The minimum Gasteiger partial charge on any atom is -0.314 e. The lowest BCUT2D eigenvalue weighted by Crippen LogP contribution is -2.46. The predicted octanol–water partition coefficient (Wildman–Crippen LogP) is 2.91. The topological polar surface area (TPSA) is 15.3 Å². The molecule has 1 unspecified atom stereocenters. The van der Waals surface area contributed by atoms with Crippen LogP contribution in [0.25, 0.3) is 0 Å². The second-order valence-corrected chi connectivity index (χ2v) is 5.90. The van der Waals surface area contributed by atoms with E-state index in [0.717, 1.165) is 26.2 Å². The Morgan fingerprint density at radius 2 is 1.56 bits per heavy atom. The van der Waals surface area contributed by atoms with Crippen LogP contribution in [0.4, 0.5) is 0 Å². The van der Waals surface area contributed by atoms with E-state index in [1.165, 1.54) is 16.7 Å². The molecule has 1 aromatic rings. The lowest BCUT2D eigenvalue weighted by Gasteiger charge is -2.37. The van der Waals surface area contributed by atoms with Gasteiger partial charge in [0.05, 0.1) is 0 Å². The highest BCUT2D eigenvalue weighted by atomic mass is 15.2. The van der Waals surface area contributed by atoms with Crippen LogP contribution < -0.4 is 5.32 Å². The molecule has 0 saturated carbocycles. The van der Waals surface area contributed by atoms with Crippen LogP contribution in [0, 0.1) is 19.8 Å². The third kappa shape index (κ3) is 3.12. The Morgan fingerprint density at radius 1 is 1.00 bits per heavy atom. The number of hydrogen-bond acceptors (Lipinski definition) is 2. The molecule has 2 heteroatoms. The second-order valence-electron chi connectivity index (χ2n) is 5.90. The van der Waals surface area contributed by atoms with Crippen molar-refractivity contribution in [1.29, 1.82) is 0 Å². The highest BCUT2D eigenvalue weighted by Crippen LogP contribution is 2.30. The van der Waals surface area contributed by atoms with E-state index >= 15 is 0 Å². The number of hydrogen-bond donors (Lipinski definition) is 1. The van der Waals surface area contributed by atoms with Crippen LogP contribution >= 0.6 is 0 Å². The van der Waals surface area contributed by atoms with Crippen LogP contribution in [-0.4, -0.2) is 31.1 Å². The second kappa shape index (κ2) is 5.85. The molecule has 1 N–H and O–H groups in total. The minimum absolute atomic E-state index is 0.561. The van der Waals surface area contributed by atoms with Crippen molar-refractivity contribution in [3.63, 3.8) is 0 Å². The molecule has 0 amide bonds. The van der Waals surface area contributed by atoms with Gasteiger partial charge in [0.2, 0.25) is 0 Å². The first-order valence-electron chi connectivity index (χ1n) is 7.11. The molecule has 1 heterocycles. The highest BCUT2D eigenvalue weighted by Gasteiger charge is 2.25. The van der Waals surface area contributed by atoms with E-state index < -0.39 is 0 Å². The van der Waals surface area contributed by atoms with Gasteiger partial charge in [-0.1, -0.05) is 43.2 Å². The molecule has 1 atom stereocenters. The van der Waals surface area contributed by atoms with E-state index in [2.05, 4.69) is 56.1 Å². The standard InChI is InChI=1S/C16H26N2/c1-12(2)16(18-7-5-17-6-8-18)15-10-13(3)9-14(4)11-15/h9-12,16-17H,5-8H2,1-4H3. The summed E-state index contributed by atoms with van der Waals surface area (Å²) in [4.78, 5) is 2.63. The van der Waals surface area contributed by atoms with Crippen molar-refractivity contribution in [1.82, 2.24) is 10.2 Å². The van der Waals surface area contributed by atoms with Crippen molar-refractivity contribution in [2.75, 3.05) is 26.2 Å². The van der Waals surface area contributed by atoms with Crippen molar-refractivity contribution in [3.05, 3.63) is 34.9 Å². The van der Waals surface area contributed by atoms with Gasteiger partial charge in [-0.05, 0) is 25.3 Å². The van der Waals surface area contributed by atoms with Gasteiger partial charge in [-0.2, -0.15) is 0 Å². The van der Waals surface area contributed by atoms with Crippen molar-refractivity contribution in [2.45, 2.75) is 33.7 Å². The Hall–Kier alpha value is -0.860. The van der Waals surface area contributed by atoms with Gasteiger partial charge in [0.15, 0.2) is 0 Å². The number of rotatable bonds is 3. The number of nitrogens with zero attached hydrogens (tertiary/aromatic N) is 1. The van der Waals surface area contributed by atoms with Crippen LogP contribution in [0.3, 0.4) is 0 Å². The Bertz CT molecular complexity index is 372. The Kier molecular flexibility index (Phi) is 4.41. The van der Waals surface area contributed by atoms with Crippen LogP contribution in [0.1, 0.15) is 36.6 Å². The van der Waals surface area contributed by atoms with E-state index in [1.54, 1.807) is 0 Å². The molecule has 18 heavy (non-hydrogen) atoms. The van der Waals surface area contributed by atoms with E-state index in [-0.39, 0.29) is 0 Å². The molecule has 1 aliphatic rings. The van der Waals surface area contributed by atoms with Crippen molar-refractivity contribution >= 4 is 0 Å². The maximum absolute atomic E-state index is 3.44. The Labute approximate surface area is 111 Å². The molecule has 0 aliphatic carbocycles. The van der Waals surface area contributed by atoms with Crippen molar-refractivity contribution in [3.8, 4) is 0 Å². The Morgan fingerprint density at radius 3 is 2.06 bits per heavy atom. The minimum atomic E-state index is 0.561. The molecule has 2 rings (SSSR count).